The molecule has 14 nitrogen and oxygen atoms in total. The van der Waals surface area contributed by atoms with Crippen molar-refractivity contribution in [3.63, 3.8) is 0 Å². The number of carbonyl (C=O) groups is 3. The summed E-state index contributed by atoms with van der Waals surface area (Å²) >= 11 is 0. The zero-order chi connectivity index (χ0) is 34.8. The van der Waals surface area contributed by atoms with E-state index >= 15 is 0 Å². The molecule has 2 saturated heterocycles. The smallest absolute Gasteiger partial charge is 0.415 e. The Kier molecular flexibility index (Phi) is 10.7. The highest BCUT2D eigenvalue weighted by molar-refractivity contribution is 7.91. The van der Waals surface area contributed by atoms with E-state index in [0.29, 0.717) is 9.87 Å². The van der Waals surface area contributed by atoms with Gasteiger partial charge in [-0.2, -0.15) is 0 Å². The Morgan fingerprint density at radius 2 is 1.55 bits per heavy atom. The van der Waals surface area contributed by atoms with Crippen LogP contribution in [0.3, 0.4) is 0 Å². The first-order valence-electron chi connectivity index (χ1n) is 14.5. The van der Waals surface area contributed by atoms with E-state index in [1.807, 2.05) is 0 Å². The molecular weight excluding hydrogens is 682 g/mol. The Hall–Kier alpha value is -3.61. The lowest BCUT2D eigenvalue weighted by molar-refractivity contribution is -0.162. The van der Waals surface area contributed by atoms with E-state index in [2.05, 4.69) is 5.32 Å². The van der Waals surface area contributed by atoms with Crippen LogP contribution in [0.4, 0.5) is 9.18 Å². The molecule has 258 valence electrons. The number of carbonyl (C=O) groups excluding carboxylic acids is 3. The van der Waals surface area contributed by atoms with Gasteiger partial charge in [-0.05, 0) is 62.7 Å². The van der Waals surface area contributed by atoms with Gasteiger partial charge in [0.1, 0.15) is 29.3 Å². The van der Waals surface area contributed by atoms with Gasteiger partial charge < -0.3 is 19.7 Å². The molecular formula is C29H36FN3O11S3. The molecule has 2 atom stereocenters. The van der Waals surface area contributed by atoms with Gasteiger partial charge in [-0.25, -0.2) is 43.5 Å². The monoisotopic (exact) mass is 717 g/mol. The summed E-state index contributed by atoms with van der Waals surface area (Å²) in [6, 6.07) is 5.81. The molecule has 0 saturated carbocycles. The van der Waals surface area contributed by atoms with Gasteiger partial charge in [-0.1, -0.05) is 12.1 Å². The molecule has 2 aliphatic heterocycles. The van der Waals surface area contributed by atoms with Gasteiger partial charge in [-0.3, -0.25) is 4.79 Å². The average Bonchev–Trinajstić information content (AvgIpc) is 2.96. The fourth-order valence-electron chi connectivity index (χ4n) is 4.87. The van der Waals surface area contributed by atoms with E-state index in [9.17, 15) is 44.0 Å². The Bertz CT molecular complexity index is 1810. The molecule has 47 heavy (non-hydrogen) atoms. The second-order valence-corrected chi connectivity index (χ2v) is 18.5. The highest BCUT2D eigenvalue weighted by atomic mass is 32.2. The van der Waals surface area contributed by atoms with Crippen molar-refractivity contribution >= 4 is 47.7 Å². The van der Waals surface area contributed by atoms with Crippen LogP contribution in [0.2, 0.25) is 0 Å². The van der Waals surface area contributed by atoms with Crippen molar-refractivity contribution in [1.29, 1.82) is 0 Å². The summed E-state index contributed by atoms with van der Waals surface area (Å²) in [5.74, 6) is -4.37. The number of esters is 1. The van der Waals surface area contributed by atoms with Crippen LogP contribution in [0.1, 0.15) is 26.3 Å². The average molecular weight is 718 g/mol. The maximum atomic E-state index is 14.1. The van der Waals surface area contributed by atoms with Crippen LogP contribution in [0, 0.1) is 5.82 Å². The second-order valence-electron chi connectivity index (χ2n) is 12.1. The first-order valence-corrected chi connectivity index (χ1v) is 19.6. The predicted molar refractivity (Wildman–Crippen MR) is 167 cm³/mol. The zero-order valence-corrected chi connectivity index (χ0v) is 28.4. The molecule has 4 rings (SSSR count). The number of nitrogens with one attached hydrogen (secondary N) is 1. The number of nitrogens with zero attached hydrogens (tertiary/aromatic N) is 2. The van der Waals surface area contributed by atoms with Gasteiger partial charge in [0, 0.05) is 26.1 Å². The lowest BCUT2D eigenvalue weighted by Crippen LogP contribution is -2.60. The van der Waals surface area contributed by atoms with E-state index in [0.717, 1.165) is 24.3 Å². The molecule has 0 radical (unpaired) electrons. The number of rotatable bonds is 8. The summed E-state index contributed by atoms with van der Waals surface area (Å²) in [4.78, 5) is 40.9. The fourth-order valence-corrected chi connectivity index (χ4v) is 9.00. The largest absolute Gasteiger partial charge is 0.458 e. The van der Waals surface area contributed by atoms with Gasteiger partial charge in [0.05, 0.1) is 27.9 Å². The van der Waals surface area contributed by atoms with Crippen molar-refractivity contribution in [2.45, 2.75) is 49.8 Å². The Morgan fingerprint density at radius 1 is 0.957 bits per heavy atom. The number of ether oxygens (including phenoxy) is 2. The summed E-state index contributed by atoms with van der Waals surface area (Å²) < 4.78 is 101. The van der Waals surface area contributed by atoms with Crippen LogP contribution in [0.5, 0.6) is 5.75 Å². The van der Waals surface area contributed by atoms with E-state index in [4.69, 9.17) is 9.47 Å². The van der Waals surface area contributed by atoms with E-state index in [1.165, 1.54) is 29.2 Å². The van der Waals surface area contributed by atoms with E-state index in [-0.39, 0.29) is 42.6 Å². The molecule has 0 spiro atoms. The highest BCUT2D eigenvalue weighted by Crippen LogP contribution is 2.26. The quantitative estimate of drug-likeness (QED) is 0.381. The number of benzene rings is 2. The highest BCUT2D eigenvalue weighted by Gasteiger charge is 2.45. The lowest BCUT2D eigenvalue weighted by atomic mass is 10.0. The number of halogens is 1. The molecule has 2 heterocycles. The predicted octanol–water partition coefficient (Wildman–Crippen LogP) is 0.912. The molecule has 2 aromatic carbocycles. The molecule has 0 aliphatic carbocycles. The first-order chi connectivity index (χ1) is 21.8. The van der Waals surface area contributed by atoms with E-state index < -0.39 is 88.2 Å². The van der Waals surface area contributed by atoms with Gasteiger partial charge >= 0.3 is 12.1 Å². The zero-order valence-electron chi connectivity index (χ0n) is 25.9. The van der Waals surface area contributed by atoms with E-state index in [1.54, 1.807) is 20.8 Å². The SMILES string of the molecule is CC(C)(C)OC(=O)[C@H](Cc1ccc(OC(=O)N2CCS(=O)(=O)CC2)cc1)N(C(=O)C1CS(=O)(=O)CCN1)S(=O)(=O)c1ccc(F)cc1. The molecule has 2 amide bonds. The molecule has 18 heteroatoms. The van der Waals surface area contributed by atoms with Crippen LogP contribution >= 0.6 is 0 Å². The van der Waals surface area contributed by atoms with Gasteiger partial charge in [0.15, 0.2) is 19.7 Å². The number of hydrogen-bond donors (Lipinski definition) is 1. The van der Waals surface area contributed by atoms with Crippen molar-refractivity contribution in [1.82, 2.24) is 14.5 Å². The number of amides is 2. The van der Waals surface area contributed by atoms with Crippen molar-refractivity contribution in [2.75, 3.05) is 42.6 Å². The third-order valence-corrected chi connectivity index (χ3v) is 12.3. The van der Waals surface area contributed by atoms with Gasteiger partial charge in [-0.15, -0.1) is 0 Å². The molecule has 2 aromatic rings. The van der Waals surface area contributed by atoms with Crippen LogP contribution < -0.4 is 10.1 Å². The maximum absolute atomic E-state index is 14.1. The molecule has 2 aliphatic rings. The summed E-state index contributed by atoms with van der Waals surface area (Å²) in [6.07, 6.45) is -1.20. The third-order valence-electron chi connectivity index (χ3n) is 7.23. The Balaban J connectivity index is 1.69. The van der Waals surface area contributed by atoms with Crippen LogP contribution in [0.15, 0.2) is 53.4 Å². The molecule has 0 aromatic heterocycles. The summed E-state index contributed by atoms with van der Waals surface area (Å²) in [5.41, 5.74) is -0.817. The van der Waals surface area contributed by atoms with Crippen molar-refractivity contribution in [3.8, 4) is 5.75 Å². The summed E-state index contributed by atoms with van der Waals surface area (Å²) in [5, 5.41) is 2.72. The van der Waals surface area contributed by atoms with Crippen molar-refractivity contribution in [3.05, 3.63) is 59.9 Å². The van der Waals surface area contributed by atoms with Crippen LogP contribution in [0.25, 0.3) is 0 Å². The lowest BCUT2D eigenvalue weighted by Gasteiger charge is -2.35. The molecule has 0 bridgehead atoms. The normalized spacial score (nSPS) is 20.1. The Morgan fingerprint density at radius 3 is 2.11 bits per heavy atom. The van der Waals surface area contributed by atoms with Crippen LogP contribution in [-0.2, 0) is 50.4 Å². The minimum Gasteiger partial charge on any atom is -0.458 e. The van der Waals surface area contributed by atoms with Crippen molar-refractivity contribution < 1.29 is 53.5 Å². The minimum absolute atomic E-state index is 0.0274. The van der Waals surface area contributed by atoms with Crippen LogP contribution in [-0.4, -0.2) is 113 Å². The second kappa shape index (κ2) is 13.9. The summed E-state index contributed by atoms with van der Waals surface area (Å²) in [6.45, 7) is 4.44. The number of sulfonamides is 1. The molecule has 1 N–H and O–H groups in total. The number of hydrogen-bond acceptors (Lipinski definition) is 12. The van der Waals surface area contributed by atoms with Gasteiger partial charge in [0.25, 0.3) is 15.9 Å². The van der Waals surface area contributed by atoms with Gasteiger partial charge in [0.2, 0.25) is 0 Å². The maximum Gasteiger partial charge on any atom is 0.415 e. The third kappa shape index (κ3) is 9.48. The topological polar surface area (TPSA) is 191 Å². The fraction of sp³-hybridized carbons (Fsp3) is 0.483. The minimum atomic E-state index is -4.90. The first kappa shape index (κ1) is 36.2. The standard InChI is InChI=1S/C29H36FN3O11S3/c1-29(2,3)44-27(35)25(18-20-4-8-22(9-5-20)43-28(36)32-13-16-45(37,38)17-14-32)33(26(34)24-19-46(39,40)15-12-31-24)47(41,42)23-10-6-21(30)7-11-23/h4-11,24-25,31H,12-19H2,1-3H3/t24?,25-/m0/s1. The number of sulfone groups is 2. The Labute approximate surface area is 273 Å². The summed E-state index contributed by atoms with van der Waals surface area (Å²) in [7, 11) is -11.9. The molecule has 1 unspecified atom stereocenters. The van der Waals surface area contributed by atoms with Crippen molar-refractivity contribution in [2.24, 2.45) is 0 Å². The molecule has 2 fully saturated rings.